The molecule has 5 heteroatoms. The number of carbonyl (C=O) groups is 1. The first-order valence-electron chi connectivity index (χ1n) is 7.01. The number of nitrogens with zero attached hydrogens (tertiary/aromatic N) is 2. The lowest BCUT2D eigenvalue weighted by Gasteiger charge is -2.02. The molecule has 0 saturated heterocycles. The number of esters is 1. The van der Waals surface area contributed by atoms with Crippen LogP contribution in [0.3, 0.4) is 0 Å². The number of aromatic amines is 1. The van der Waals surface area contributed by atoms with Crippen LogP contribution in [0.1, 0.15) is 17.3 Å². The summed E-state index contributed by atoms with van der Waals surface area (Å²) >= 11 is 0. The Morgan fingerprint density at radius 3 is 2.68 bits per heavy atom. The zero-order valence-electron chi connectivity index (χ0n) is 12.1. The van der Waals surface area contributed by atoms with Gasteiger partial charge in [-0.1, -0.05) is 12.1 Å². The lowest BCUT2D eigenvalue weighted by atomic mass is 10.1. The number of hydrogen-bond acceptors (Lipinski definition) is 4. The van der Waals surface area contributed by atoms with Crippen LogP contribution in [0.2, 0.25) is 0 Å². The Balaban J connectivity index is 1.83. The monoisotopic (exact) mass is 293 g/mol. The third-order valence-electron chi connectivity index (χ3n) is 3.24. The number of hydrogen-bond donors (Lipinski definition) is 1. The van der Waals surface area contributed by atoms with Crippen molar-refractivity contribution in [2.24, 2.45) is 0 Å². The highest BCUT2D eigenvalue weighted by Gasteiger charge is 2.09. The van der Waals surface area contributed by atoms with Crippen molar-refractivity contribution in [1.29, 1.82) is 0 Å². The van der Waals surface area contributed by atoms with Crippen molar-refractivity contribution in [3.8, 4) is 22.5 Å². The molecule has 0 aliphatic carbocycles. The fourth-order valence-electron chi connectivity index (χ4n) is 2.13. The molecular weight excluding hydrogens is 278 g/mol. The van der Waals surface area contributed by atoms with Gasteiger partial charge in [0.1, 0.15) is 0 Å². The molecule has 0 radical (unpaired) electrons. The van der Waals surface area contributed by atoms with Crippen LogP contribution in [-0.2, 0) is 4.74 Å². The van der Waals surface area contributed by atoms with Gasteiger partial charge in [0.25, 0.3) is 0 Å². The van der Waals surface area contributed by atoms with Crippen LogP contribution in [0, 0.1) is 0 Å². The zero-order valence-corrected chi connectivity index (χ0v) is 12.1. The molecular formula is C17H15N3O2. The summed E-state index contributed by atoms with van der Waals surface area (Å²) in [6.45, 7) is 2.16. The number of pyridine rings is 1. The van der Waals surface area contributed by atoms with E-state index in [1.165, 1.54) is 0 Å². The molecule has 0 atom stereocenters. The Labute approximate surface area is 128 Å². The van der Waals surface area contributed by atoms with Crippen molar-refractivity contribution in [1.82, 2.24) is 15.2 Å². The molecule has 1 N–H and O–H groups in total. The molecule has 0 bridgehead atoms. The Bertz CT molecular complexity index is 764. The smallest absolute Gasteiger partial charge is 0.338 e. The normalized spacial score (nSPS) is 10.4. The van der Waals surface area contributed by atoms with Gasteiger partial charge < -0.3 is 4.74 Å². The van der Waals surface area contributed by atoms with Crippen molar-refractivity contribution in [2.75, 3.05) is 6.61 Å². The van der Waals surface area contributed by atoms with Gasteiger partial charge in [-0.3, -0.25) is 10.1 Å². The first kappa shape index (κ1) is 14.0. The molecule has 1 aromatic carbocycles. The predicted molar refractivity (Wildman–Crippen MR) is 83.2 cm³/mol. The second-order valence-electron chi connectivity index (χ2n) is 4.71. The van der Waals surface area contributed by atoms with Crippen molar-refractivity contribution < 1.29 is 9.53 Å². The van der Waals surface area contributed by atoms with E-state index in [2.05, 4.69) is 15.2 Å². The minimum Gasteiger partial charge on any atom is -0.462 e. The fraction of sp³-hybridized carbons (Fsp3) is 0.118. The third-order valence-corrected chi connectivity index (χ3v) is 3.24. The van der Waals surface area contributed by atoms with E-state index in [-0.39, 0.29) is 5.97 Å². The standard InChI is InChI=1S/C17H15N3O2/c1-2-22-17(21)13-7-5-12(6-8-13)15-10-16(20-19-15)14-4-3-9-18-11-14/h3-11H,2H2,1H3,(H,19,20). The average Bonchev–Trinajstić information content (AvgIpc) is 3.06. The highest BCUT2D eigenvalue weighted by Crippen LogP contribution is 2.23. The second kappa shape index (κ2) is 6.22. The van der Waals surface area contributed by atoms with Gasteiger partial charge in [0.05, 0.1) is 23.6 Å². The second-order valence-corrected chi connectivity index (χ2v) is 4.71. The van der Waals surface area contributed by atoms with Crippen LogP contribution in [0.25, 0.3) is 22.5 Å². The molecule has 110 valence electrons. The summed E-state index contributed by atoms with van der Waals surface area (Å²) in [4.78, 5) is 15.7. The van der Waals surface area contributed by atoms with Gasteiger partial charge in [-0.15, -0.1) is 0 Å². The van der Waals surface area contributed by atoms with E-state index in [0.29, 0.717) is 12.2 Å². The Kier molecular flexibility index (Phi) is 3.96. The number of rotatable bonds is 4. The molecule has 0 saturated carbocycles. The first-order valence-corrected chi connectivity index (χ1v) is 7.01. The number of ether oxygens (including phenoxy) is 1. The molecule has 2 aromatic heterocycles. The molecule has 0 aliphatic heterocycles. The summed E-state index contributed by atoms with van der Waals surface area (Å²) < 4.78 is 4.97. The van der Waals surface area contributed by atoms with Crippen molar-refractivity contribution in [2.45, 2.75) is 6.92 Å². The molecule has 22 heavy (non-hydrogen) atoms. The van der Waals surface area contributed by atoms with Gasteiger partial charge in [0.15, 0.2) is 0 Å². The van der Waals surface area contributed by atoms with Crippen LogP contribution in [0.15, 0.2) is 54.9 Å². The molecule has 2 heterocycles. The van der Waals surface area contributed by atoms with Gasteiger partial charge in [-0.25, -0.2) is 4.79 Å². The number of aromatic nitrogens is 3. The summed E-state index contributed by atoms with van der Waals surface area (Å²) in [7, 11) is 0. The largest absolute Gasteiger partial charge is 0.462 e. The van der Waals surface area contributed by atoms with Crippen LogP contribution in [-0.4, -0.2) is 27.8 Å². The number of H-pyrrole nitrogens is 1. The SMILES string of the molecule is CCOC(=O)c1ccc(-c2cc(-c3cccnc3)n[nH]2)cc1. The summed E-state index contributed by atoms with van der Waals surface area (Å²) in [5.74, 6) is -0.310. The molecule has 0 unspecified atom stereocenters. The lowest BCUT2D eigenvalue weighted by molar-refractivity contribution is 0.0526. The van der Waals surface area contributed by atoms with Gasteiger partial charge in [-0.2, -0.15) is 5.10 Å². The third kappa shape index (κ3) is 2.88. The van der Waals surface area contributed by atoms with Crippen LogP contribution < -0.4 is 0 Å². The molecule has 0 aliphatic rings. The topological polar surface area (TPSA) is 67.9 Å². The van der Waals surface area contributed by atoms with Crippen LogP contribution in [0.5, 0.6) is 0 Å². The van der Waals surface area contributed by atoms with E-state index in [4.69, 9.17) is 4.74 Å². The maximum absolute atomic E-state index is 11.6. The molecule has 3 aromatic rings. The minimum atomic E-state index is -0.310. The molecule has 0 fully saturated rings. The van der Waals surface area contributed by atoms with E-state index < -0.39 is 0 Å². The van der Waals surface area contributed by atoms with E-state index in [1.54, 1.807) is 31.5 Å². The summed E-state index contributed by atoms with van der Waals surface area (Å²) in [6, 6.07) is 13.0. The molecule has 3 rings (SSSR count). The van der Waals surface area contributed by atoms with Crippen molar-refractivity contribution in [3.63, 3.8) is 0 Å². The van der Waals surface area contributed by atoms with Gasteiger partial charge in [0, 0.05) is 18.0 Å². The van der Waals surface area contributed by atoms with E-state index in [9.17, 15) is 4.79 Å². The number of benzene rings is 1. The van der Waals surface area contributed by atoms with Crippen molar-refractivity contribution >= 4 is 5.97 Å². The highest BCUT2D eigenvalue weighted by molar-refractivity contribution is 5.90. The number of nitrogens with one attached hydrogen (secondary N) is 1. The maximum Gasteiger partial charge on any atom is 0.338 e. The Morgan fingerprint density at radius 2 is 2.00 bits per heavy atom. The Hall–Kier alpha value is -2.95. The maximum atomic E-state index is 11.6. The predicted octanol–water partition coefficient (Wildman–Crippen LogP) is 3.32. The van der Waals surface area contributed by atoms with Crippen molar-refractivity contribution in [3.05, 3.63) is 60.4 Å². The molecule has 0 spiro atoms. The molecule has 5 nitrogen and oxygen atoms in total. The van der Waals surface area contributed by atoms with Crippen LogP contribution >= 0.6 is 0 Å². The van der Waals surface area contributed by atoms with Gasteiger partial charge in [0.2, 0.25) is 0 Å². The van der Waals surface area contributed by atoms with Crippen LogP contribution in [0.4, 0.5) is 0 Å². The lowest BCUT2D eigenvalue weighted by Crippen LogP contribution is -2.03. The summed E-state index contributed by atoms with van der Waals surface area (Å²) in [5, 5.41) is 7.29. The zero-order chi connectivity index (χ0) is 15.4. The molecule has 0 amide bonds. The van der Waals surface area contributed by atoms with E-state index in [1.807, 2.05) is 30.3 Å². The fourth-order valence-corrected chi connectivity index (χ4v) is 2.13. The average molecular weight is 293 g/mol. The van der Waals surface area contributed by atoms with Gasteiger partial charge in [-0.05, 0) is 42.8 Å². The quantitative estimate of drug-likeness (QED) is 0.749. The summed E-state index contributed by atoms with van der Waals surface area (Å²) in [5.41, 5.74) is 4.16. The van der Waals surface area contributed by atoms with E-state index >= 15 is 0 Å². The van der Waals surface area contributed by atoms with E-state index in [0.717, 1.165) is 22.5 Å². The first-order chi connectivity index (χ1) is 10.8. The highest BCUT2D eigenvalue weighted by atomic mass is 16.5. The Morgan fingerprint density at radius 1 is 1.18 bits per heavy atom. The van der Waals surface area contributed by atoms with Gasteiger partial charge >= 0.3 is 5.97 Å². The number of carbonyl (C=O) groups excluding carboxylic acids is 1. The minimum absolute atomic E-state index is 0.310. The summed E-state index contributed by atoms with van der Waals surface area (Å²) in [6.07, 6.45) is 3.50.